The number of rotatable bonds is 4. The summed E-state index contributed by atoms with van der Waals surface area (Å²) in [5, 5.41) is 14.0. The molecule has 1 fully saturated rings. The van der Waals surface area contributed by atoms with E-state index in [-0.39, 0.29) is 17.6 Å². The number of hydrogen-bond acceptors (Lipinski definition) is 4. The molecule has 1 saturated heterocycles. The van der Waals surface area contributed by atoms with Gasteiger partial charge in [-0.25, -0.2) is 4.39 Å². The number of aromatic nitrogens is 1. The molecule has 0 radical (unpaired) electrons. The molecule has 0 bridgehead atoms. The van der Waals surface area contributed by atoms with Crippen molar-refractivity contribution in [2.75, 3.05) is 18.0 Å². The third kappa shape index (κ3) is 4.22. The van der Waals surface area contributed by atoms with E-state index in [1.54, 1.807) is 24.4 Å². The van der Waals surface area contributed by atoms with Gasteiger partial charge in [0.15, 0.2) is 0 Å². The molecule has 2 heterocycles. The number of nitrogens with one attached hydrogen (secondary N) is 1. The van der Waals surface area contributed by atoms with Crippen molar-refractivity contribution >= 4 is 34.1 Å². The first kappa shape index (κ1) is 20.1. The van der Waals surface area contributed by atoms with Crippen LogP contribution < -0.4 is 10.2 Å². The van der Waals surface area contributed by atoms with Crippen molar-refractivity contribution in [1.82, 2.24) is 10.3 Å². The highest BCUT2D eigenvalue weighted by molar-refractivity contribution is 6.31. The van der Waals surface area contributed by atoms with E-state index in [9.17, 15) is 14.4 Å². The molecular weight excluding hydrogens is 403 g/mol. The Morgan fingerprint density at radius 2 is 1.97 bits per heavy atom. The Bertz CT molecular complexity index is 1120. The monoisotopic (exact) mass is 422 g/mol. The second-order valence-corrected chi connectivity index (χ2v) is 7.84. The van der Waals surface area contributed by atoms with Crippen molar-refractivity contribution in [3.05, 3.63) is 70.6 Å². The molecule has 1 amide bonds. The number of anilines is 1. The Kier molecular flexibility index (Phi) is 5.82. The van der Waals surface area contributed by atoms with Gasteiger partial charge < -0.3 is 10.2 Å². The molecule has 152 valence electrons. The molecular formula is C23H20ClFN4O. The van der Waals surface area contributed by atoms with Crippen molar-refractivity contribution in [2.45, 2.75) is 19.4 Å². The first-order chi connectivity index (χ1) is 14.5. The molecule has 1 aliphatic rings. The Morgan fingerprint density at radius 1 is 1.23 bits per heavy atom. The van der Waals surface area contributed by atoms with Crippen LogP contribution in [0, 0.1) is 23.1 Å². The van der Waals surface area contributed by atoms with Gasteiger partial charge in [-0.1, -0.05) is 23.7 Å². The number of pyridine rings is 1. The Labute approximate surface area is 179 Å². The molecule has 1 aliphatic heterocycles. The summed E-state index contributed by atoms with van der Waals surface area (Å²) in [5.74, 6) is -0.384. The molecule has 0 unspecified atom stereocenters. The Morgan fingerprint density at radius 3 is 2.67 bits per heavy atom. The van der Waals surface area contributed by atoms with Crippen molar-refractivity contribution in [2.24, 2.45) is 5.92 Å². The standard InChI is InChI=1S/C23H20ClFN4O/c24-18-3-6-21-20(11-18)22(17(12-26)14-27-21)29-9-7-16(8-10-29)23(30)28-13-15-1-4-19(25)5-2-15/h1-6,11,14,16H,7-10,13H2,(H,28,30). The minimum atomic E-state index is -0.292. The second kappa shape index (κ2) is 8.68. The van der Waals surface area contributed by atoms with Crippen LogP contribution in [-0.4, -0.2) is 24.0 Å². The third-order valence-electron chi connectivity index (χ3n) is 5.48. The average molecular weight is 423 g/mol. The molecule has 0 atom stereocenters. The SMILES string of the molecule is N#Cc1cnc2ccc(Cl)cc2c1N1CCC(C(=O)NCc2ccc(F)cc2)CC1. The van der Waals surface area contributed by atoms with E-state index in [1.807, 2.05) is 12.1 Å². The number of carbonyl (C=O) groups is 1. The largest absolute Gasteiger partial charge is 0.370 e. The summed E-state index contributed by atoms with van der Waals surface area (Å²) in [7, 11) is 0. The Balaban J connectivity index is 1.44. The molecule has 4 rings (SSSR count). The molecule has 5 nitrogen and oxygen atoms in total. The number of piperidine rings is 1. The number of benzene rings is 2. The zero-order valence-electron chi connectivity index (χ0n) is 16.2. The number of carbonyl (C=O) groups excluding carboxylic acids is 1. The van der Waals surface area contributed by atoms with E-state index in [4.69, 9.17) is 11.6 Å². The maximum absolute atomic E-state index is 13.0. The van der Waals surface area contributed by atoms with Crippen molar-refractivity contribution in [1.29, 1.82) is 5.26 Å². The topological polar surface area (TPSA) is 69.0 Å². The van der Waals surface area contributed by atoms with Gasteiger partial charge in [-0.05, 0) is 48.7 Å². The minimum Gasteiger partial charge on any atom is -0.370 e. The second-order valence-electron chi connectivity index (χ2n) is 7.40. The highest BCUT2D eigenvalue weighted by Crippen LogP contribution is 2.33. The summed E-state index contributed by atoms with van der Waals surface area (Å²) in [5.41, 5.74) is 2.98. The van der Waals surface area contributed by atoms with E-state index in [1.165, 1.54) is 12.1 Å². The summed E-state index contributed by atoms with van der Waals surface area (Å²) >= 11 is 6.18. The van der Waals surface area contributed by atoms with E-state index >= 15 is 0 Å². The van der Waals surface area contributed by atoms with E-state index in [2.05, 4.69) is 21.3 Å². The van der Waals surface area contributed by atoms with Gasteiger partial charge in [-0.15, -0.1) is 0 Å². The summed E-state index contributed by atoms with van der Waals surface area (Å²) in [4.78, 5) is 19.1. The summed E-state index contributed by atoms with van der Waals surface area (Å²) in [6.45, 7) is 1.70. The zero-order chi connectivity index (χ0) is 21.1. The Hall–Kier alpha value is -3.17. The quantitative estimate of drug-likeness (QED) is 0.675. The summed E-state index contributed by atoms with van der Waals surface area (Å²) < 4.78 is 13.0. The molecule has 0 aliphatic carbocycles. The maximum Gasteiger partial charge on any atom is 0.223 e. The molecule has 3 aromatic rings. The minimum absolute atomic E-state index is 0.00196. The predicted molar refractivity (Wildman–Crippen MR) is 115 cm³/mol. The number of hydrogen-bond donors (Lipinski definition) is 1. The number of nitriles is 1. The smallest absolute Gasteiger partial charge is 0.223 e. The van der Waals surface area contributed by atoms with Gasteiger partial charge in [0, 0.05) is 42.2 Å². The van der Waals surface area contributed by atoms with Gasteiger partial charge >= 0.3 is 0 Å². The lowest BCUT2D eigenvalue weighted by Crippen LogP contribution is -2.40. The lowest BCUT2D eigenvalue weighted by molar-refractivity contribution is -0.125. The fourth-order valence-electron chi connectivity index (χ4n) is 3.87. The van der Waals surface area contributed by atoms with E-state index in [0.29, 0.717) is 43.1 Å². The number of amides is 1. The number of halogens is 2. The maximum atomic E-state index is 13.0. The van der Waals surface area contributed by atoms with Crippen LogP contribution in [0.5, 0.6) is 0 Å². The molecule has 2 aromatic carbocycles. The van der Waals surface area contributed by atoms with Crippen molar-refractivity contribution < 1.29 is 9.18 Å². The molecule has 30 heavy (non-hydrogen) atoms. The lowest BCUT2D eigenvalue weighted by atomic mass is 9.94. The van der Waals surface area contributed by atoms with Crippen molar-refractivity contribution in [3.8, 4) is 6.07 Å². The van der Waals surface area contributed by atoms with Gasteiger partial charge in [0.25, 0.3) is 0 Å². The van der Waals surface area contributed by atoms with Gasteiger partial charge in [-0.3, -0.25) is 9.78 Å². The van der Waals surface area contributed by atoms with Crippen molar-refractivity contribution in [3.63, 3.8) is 0 Å². The van der Waals surface area contributed by atoms with Gasteiger partial charge in [0.1, 0.15) is 11.9 Å². The summed E-state index contributed by atoms with van der Waals surface area (Å²) in [6, 6.07) is 13.8. The van der Waals surface area contributed by atoms with Crippen LogP contribution in [0.1, 0.15) is 24.0 Å². The van der Waals surface area contributed by atoms with E-state index in [0.717, 1.165) is 22.2 Å². The van der Waals surface area contributed by atoms with Crippen LogP contribution in [0.15, 0.2) is 48.7 Å². The highest BCUT2D eigenvalue weighted by atomic mass is 35.5. The molecule has 0 saturated carbocycles. The van der Waals surface area contributed by atoms with Crippen LogP contribution in [-0.2, 0) is 11.3 Å². The normalized spacial score (nSPS) is 14.5. The van der Waals surface area contributed by atoms with Crippen LogP contribution in [0.25, 0.3) is 10.9 Å². The lowest BCUT2D eigenvalue weighted by Gasteiger charge is -2.34. The first-order valence-corrected chi connectivity index (χ1v) is 10.2. The number of nitrogens with zero attached hydrogens (tertiary/aromatic N) is 3. The highest BCUT2D eigenvalue weighted by Gasteiger charge is 2.27. The van der Waals surface area contributed by atoms with E-state index < -0.39 is 0 Å². The zero-order valence-corrected chi connectivity index (χ0v) is 17.0. The van der Waals surface area contributed by atoms with Crippen LogP contribution in [0.2, 0.25) is 5.02 Å². The average Bonchev–Trinajstić information content (AvgIpc) is 2.77. The molecule has 7 heteroatoms. The fraction of sp³-hybridized carbons (Fsp3) is 0.261. The van der Waals surface area contributed by atoms with Gasteiger partial charge in [0.2, 0.25) is 5.91 Å². The van der Waals surface area contributed by atoms with Crippen LogP contribution >= 0.6 is 11.6 Å². The van der Waals surface area contributed by atoms with Crippen LogP contribution in [0.4, 0.5) is 10.1 Å². The fourth-order valence-corrected chi connectivity index (χ4v) is 4.05. The first-order valence-electron chi connectivity index (χ1n) is 9.80. The van der Waals surface area contributed by atoms with Crippen LogP contribution in [0.3, 0.4) is 0 Å². The number of fused-ring (bicyclic) bond motifs is 1. The molecule has 1 aromatic heterocycles. The van der Waals surface area contributed by atoms with Gasteiger partial charge in [-0.2, -0.15) is 5.26 Å². The third-order valence-corrected chi connectivity index (χ3v) is 5.72. The predicted octanol–water partition coefficient (Wildman–Crippen LogP) is 4.43. The molecule has 0 spiro atoms. The molecule has 1 N–H and O–H groups in total. The summed E-state index contributed by atoms with van der Waals surface area (Å²) in [6.07, 6.45) is 2.96. The van der Waals surface area contributed by atoms with Gasteiger partial charge in [0.05, 0.1) is 16.8 Å².